The Morgan fingerprint density at radius 2 is 1.56 bits per heavy atom. The van der Waals surface area contributed by atoms with Crippen LogP contribution in [0.2, 0.25) is 0 Å². The number of nitrogens with one attached hydrogen (secondary N) is 1. The van der Waals surface area contributed by atoms with Gasteiger partial charge in [-0.3, -0.25) is 19.5 Å². The van der Waals surface area contributed by atoms with Crippen molar-refractivity contribution in [1.29, 1.82) is 0 Å². The number of hydrogen-bond acceptors (Lipinski definition) is 4. The summed E-state index contributed by atoms with van der Waals surface area (Å²) in [6.07, 6.45) is 11.2. The maximum Gasteiger partial charge on any atom is 0.277 e. The Kier molecular flexibility index (Phi) is 5.70. The topological polar surface area (TPSA) is 90.8 Å². The molecule has 0 unspecified atom stereocenters. The van der Waals surface area contributed by atoms with Crippen molar-refractivity contribution in [1.82, 2.24) is 24.4 Å². The van der Waals surface area contributed by atoms with E-state index in [1.54, 1.807) is 4.52 Å². The summed E-state index contributed by atoms with van der Waals surface area (Å²) in [6.45, 7) is 2.55. The van der Waals surface area contributed by atoms with Crippen molar-refractivity contribution in [3.05, 3.63) is 33.4 Å². The van der Waals surface area contributed by atoms with E-state index in [4.69, 9.17) is 4.98 Å². The van der Waals surface area contributed by atoms with Gasteiger partial charge >= 0.3 is 0 Å². The summed E-state index contributed by atoms with van der Waals surface area (Å²) >= 11 is 0. The van der Waals surface area contributed by atoms with E-state index in [-0.39, 0.29) is 29.2 Å². The zero-order valence-electron chi connectivity index (χ0n) is 19.9. The number of likely N-dealkylation sites (tertiary alicyclic amines) is 1. The fourth-order valence-electron chi connectivity index (χ4n) is 6.69. The third-order valence-electron chi connectivity index (χ3n) is 8.67. The summed E-state index contributed by atoms with van der Waals surface area (Å²) in [6, 6.07) is 1.99. The zero-order chi connectivity index (χ0) is 23.2. The normalized spacial score (nSPS) is 24.2. The number of H-pyrrole nitrogens is 1. The minimum Gasteiger partial charge on any atom is -0.342 e. The van der Waals surface area contributed by atoms with Gasteiger partial charge in [-0.05, 0) is 38.5 Å². The first kappa shape index (κ1) is 21.9. The minimum atomic E-state index is -0.0927. The lowest BCUT2D eigenvalue weighted by Gasteiger charge is -2.34. The lowest BCUT2D eigenvalue weighted by atomic mass is 9.93. The molecule has 1 atom stereocenters. The molecule has 2 aromatic rings. The van der Waals surface area contributed by atoms with Crippen LogP contribution in [0.5, 0.6) is 0 Å². The van der Waals surface area contributed by atoms with Crippen LogP contribution in [0.25, 0.3) is 5.65 Å². The molecule has 2 amide bonds. The van der Waals surface area contributed by atoms with E-state index in [9.17, 15) is 14.4 Å². The van der Waals surface area contributed by atoms with Gasteiger partial charge in [0.05, 0.1) is 17.8 Å². The third kappa shape index (κ3) is 3.85. The number of rotatable bonds is 3. The Bertz CT molecular complexity index is 1160. The molecule has 0 bridgehead atoms. The highest BCUT2D eigenvalue weighted by molar-refractivity contribution is 5.80. The second-order valence-corrected chi connectivity index (χ2v) is 10.8. The van der Waals surface area contributed by atoms with Crippen LogP contribution in [-0.4, -0.2) is 55.8 Å². The molecule has 0 aromatic carbocycles. The largest absolute Gasteiger partial charge is 0.342 e. The first-order chi connectivity index (χ1) is 16.6. The molecule has 1 saturated heterocycles. The third-order valence-corrected chi connectivity index (χ3v) is 8.67. The van der Waals surface area contributed by atoms with Gasteiger partial charge < -0.3 is 9.80 Å². The smallest absolute Gasteiger partial charge is 0.277 e. The second kappa shape index (κ2) is 8.86. The van der Waals surface area contributed by atoms with E-state index >= 15 is 0 Å². The van der Waals surface area contributed by atoms with Crippen LogP contribution < -0.4 is 5.56 Å². The van der Waals surface area contributed by atoms with Crippen molar-refractivity contribution in [3.8, 4) is 0 Å². The van der Waals surface area contributed by atoms with Gasteiger partial charge in [-0.25, -0.2) is 9.50 Å². The SMILES string of the molecule is O=C(C1CCCC1)N1CCc2nc3cc([C@H]4CCCN(C(=O)C5CCCC5)C4)[nH]n3c(=O)c2C1. The van der Waals surface area contributed by atoms with E-state index in [2.05, 4.69) is 5.10 Å². The second-order valence-electron chi connectivity index (χ2n) is 10.8. The Labute approximate surface area is 199 Å². The number of piperidine rings is 1. The van der Waals surface area contributed by atoms with Crippen LogP contribution in [0.3, 0.4) is 0 Å². The van der Waals surface area contributed by atoms with Crippen LogP contribution in [0.4, 0.5) is 0 Å². The standard InChI is InChI=1S/C26H35N5O3/c32-24(17-6-1-2-7-17)29-12-5-10-19(15-29)22-14-23-27-21-11-13-30(25(33)18-8-3-4-9-18)16-20(21)26(34)31(23)28-22/h14,17-19,28H,1-13,15-16H2/t19-/m0/s1. The van der Waals surface area contributed by atoms with Gasteiger partial charge in [0.15, 0.2) is 5.65 Å². The fraction of sp³-hybridized carbons (Fsp3) is 0.692. The molecule has 182 valence electrons. The molecule has 3 fully saturated rings. The number of carbonyl (C=O) groups is 2. The summed E-state index contributed by atoms with van der Waals surface area (Å²) in [7, 11) is 0. The molecule has 34 heavy (non-hydrogen) atoms. The van der Waals surface area contributed by atoms with Gasteiger partial charge in [0.2, 0.25) is 11.8 Å². The lowest BCUT2D eigenvalue weighted by molar-refractivity contribution is -0.137. The molecule has 0 radical (unpaired) electrons. The number of hydrogen-bond donors (Lipinski definition) is 1. The number of fused-ring (bicyclic) bond motifs is 2. The van der Waals surface area contributed by atoms with E-state index in [0.29, 0.717) is 43.2 Å². The number of amides is 2. The van der Waals surface area contributed by atoms with E-state index in [1.807, 2.05) is 15.9 Å². The highest BCUT2D eigenvalue weighted by Crippen LogP contribution is 2.32. The Balaban J connectivity index is 1.23. The highest BCUT2D eigenvalue weighted by atomic mass is 16.2. The van der Waals surface area contributed by atoms with Gasteiger partial charge in [-0.2, -0.15) is 0 Å². The number of aromatic amines is 1. The van der Waals surface area contributed by atoms with Gasteiger partial charge in [0, 0.05) is 55.6 Å². The Morgan fingerprint density at radius 3 is 2.26 bits per heavy atom. The van der Waals surface area contributed by atoms with Crippen molar-refractivity contribution >= 4 is 17.5 Å². The summed E-state index contributed by atoms with van der Waals surface area (Å²) in [5.74, 6) is 1.04. The lowest BCUT2D eigenvalue weighted by Crippen LogP contribution is -2.42. The molecule has 4 aliphatic rings. The van der Waals surface area contributed by atoms with Crippen molar-refractivity contribution in [2.45, 2.75) is 83.1 Å². The fourth-order valence-corrected chi connectivity index (χ4v) is 6.69. The molecular formula is C26H35N5O3. The van der Waals surface area contributed by atoms with Crippen LogP contribution >= 0.6 is 0 Å². The van der Waals surface area contributed by atoms with Crippen molar-refractivity contribution in [2.75, 3.05) is 19.6 Å². The molecule has 4 heterocycles. The molecule has 6 rings (SSSR count). The predicted octanol–water partition coefficient (Wildman–Crippen LogP) is 2.99. The summed E-state index contributed by atoms with van der Waals surface area (Å²) in [4.78, 5) is 48.0. The summed E-state index contributed by atoms with van der Waals surface area (Å²) in [5.41, 5.74) is 3.01. The van der Waals surface area contributed by atoms with Gasteiger partial charge in [0.25, 0.3) is 5.56 Å². The molecule has 2 aromatic heterocycles. The van der Waals surface area contributed by atoms with E-state index in [0.717, 1.165) is 69.3 Å². The van der Waals surface area contributed by atoms with Crippen LogP contribution in [0.1, 0.15) is 87.1 Å². The van der Waals surface area contributed by atoms with Crippen LogP contribution in [0.15, 0.2) is 10.9 Å². The maximum atomic E-state index is 13.4. The number of nitrogens with zero attached hydrogens (tertiary/aromatic N) is 4. The number of aromatic nitrogens is 3. The monoisotopic (exact) mass is 465 g/mol. The predicted molar refractivity (Wildman–Crippen MR) is 127 cm³/mol. The number of carbonyl (C=O) groups excluding carboxylic acids is 2. The molecule has 2 saturated carbocycles. The van der Waals surface area contributed by atoms with Crippen LogP contribution in [0, 0.1) is 11.8 Å². The average Bonchev–Trinajstić information content (AvgIpc) is 3.65. The van der Waals surface area contributed by atoms with Gasteiger partial charge in [-0.1, -0.05) is 25.7 Å². The molecule has 0 spiro atoms. The Morgan fingerprint density at radius 1 is 0.882 bits per heavy atom. The van der Waals surface area contributed by atoms with Crippen molar-refractivity contribution in [2.24, 2.45) is 11.8 Å². The van der Waals surface area contributed by atoms with Crippen molar-refractivity contribution in [3.63, 3.8) is 0 Å². The maximum absolute atomic E-state index is 13.4. The van der Waals surface area contributed by atoms with E-state index in [1.165, 1.54) is 12.8 Å². The zero-order valence-corrected chi connectivity index (χ0v) is 19.9. The molecule has 2 aliphatic heterocycles. The van der Waals surface area contributed by atoms with Crippen LogP contribution in [-0.2, 0) is 22.6 Å². The molecule has 8 heteroatoms. The quantitative estimate of drug-likeness (QED) is 0.755. The molecule has 1 N–H and O–H groups in total. The Hall–Kier alpha value is -2.64. The van der Waals surface area contributed by atoms with Gasteiger partial charge in [0.1, 0.15) is 0 Å². The highest BCUT2D eigenvalue weighted by Gasteiger charge is 2.33. The van der Waals surface area contributed by atoms with E-state index < -0.39 is 0 Å². The summed E-state index contributed by atoms with van der Waals surface area (Å²) < 4.78 is 1.55. The summed E-state index contributed by atoms with van der Waals surface area (Å²) in [5, 5.41) is 3.31. The molecular weight excluding hydrogens is 430 g/mol. The molecule has 2 aliphatic carbocycles. The van der Waals surface area contributed by atoms with Crippen molar-refractivity contribution < 1.29 is 9.59 Å². The first-order valence-corrected chi connectivity index (χ1v) is 13.3. The van der Waals surface area contributed by atoms with Gasteiger partial charge in [-0.15, -0.1) is 0 Å². The molecule has 8 nitrogen and oxygen atoms in total. The first-order valence-electron chi connectivity index (χ1n) is 13.3. The average molecular weight is 466 g/mol. The minimum absolute atomic E-state index is 0.0927.